The molecular weight excluding hydrogens is 286 g/mol. The maximum absolute atomic E-state index is 12.7. The smallest absolute Gasteiger partial charge is 0.341 e. The Morgan fingerprint density at radius 2 is 1.91 bits per heavy atom. The maximum Gasteiger partial charge on any atom is 0.341 e. The number of nitrogens with zero attached hydrogens (tertiary/aromatic N) is 1. The van der Waals surface area contributed by atoms with Gasteiger partial charge in [0.15, 0.2) is 6.61 Å². The van der Waals surface area contributed by atoms with E-state index >= 15 is 0 Å². The van der Waals surface area contributed by atoms with E-state index in [4.69, 9.17) is 9.84 Å². The molecule has 2 bridgehead atoms. The Labute approximate surface area is 128 Å². The molecule has 1 amide bonds. The van der Waals surface area contributed by atoms with Crippen molar-refractivity contribution in [1.29, 1.82) is 0 Å². The third-order valence-electron chi connectivity index (χ3n) is 4.39. The van der Waals surface area contributed by atoms with Crippen LogP contribution < -0.4 is 4.74 Å². The first kappa shape index (κ1) is 14.8. The molecule has 0 aliphatic carbocycles. The third-order valence-corrected chi connectivity index (χ3v) is 4.39. The number of ether oxygens (including phenoxy) is 1. The molecule has 1 aromatic carbocycles. The van der Waals surface area contributed by atoms with Gasteiger partial charge in [-0.1, -0.05) is 6.07 Å². The molecule has 118 valence electrons. The Morgan fingerprint density at radius 1 is 1.23 bits per heavy atom. The molecule has 2 aliphatic heterocycles. The molecule has 6 heteroatoms. The van der Waals surface area contributed by atoms with Crippen LogP contribution in [0, 0.1) is 0 Å². The number of carboxylic acid groups (broad SMARTS) is 1. The Bertz CT molecular complexity index is 574. The fourth-order valence-electron chi connectivity index (χ4n) is 3.49. The molecule has 2 fully saturated rings. The molecule has 6 nitrogen and oxygen atoms in total. The number of piperidine rings is 1. The first-order valence-electron chi connectivity index (χ1n) is 7.50. The molecule has 0 spiro atoms. The number of hydrogen-bond donors (Lipinski definition) is 2. The number of amides is 1. The van der Waals surface area contributed by atoms with Crippen LogP contribution in [0.1, 0.15) is 36.0 Å². The zero-order chi connectivity index (χ0) is 15.7. The summed E-state index contributed by atoms with van der Waals surface area (Å²) in [5, 5.41) is 18.4. The van der Waals surface area contributed by atoms with Gasteiger partial charge in [-0.15, -0.1) is 0 Å². The Balaban J connectivity index is 1.75. The summed E-state index contributed by atoms with van der Waals surface area (Å²) in [7, 11) is 0. The van der Waals surface area contributed by atoms with Crippen LogP contribution in [-0.2, 0) is 4.79 Å². The second-order valence-electron chi connectivity index (χ2n) is 5.93. The minimum Gasteiger partial charge on any atom is -0.482 e. The number of aliphatic carboxylic acids is 1. The topological polar surface area (TPSA) is 87.1 Å². The second kappa shape index (κ2) is 5.96. The zero-order valence-electron chi connectivity index (χ0n) is 12.1. The van der Waals surface area contributed by atoms with Crippen molar-refractivity contribution in [2.75, 3.05) is 6.61 Å². The Hall–Kier alpha value is -2.08. The SMILES string of the molecule is O=C(O)COc1cccc(C(=O)N2C3CCC2CC(O)C3)c1. The molecule has 22 heavy (non-hydrogen) atoms. The Kier molecular flexibility index (Phi) is 4.02. The molecule has 2 unspecified atom stereocenters. The number of hydrogen-bond acceptors (Lipinski definition) is 4. The van der Waals surface area contributed by atoms with Gasteiger partial charge < -0.3 is 19.8 Å². The summed E-state index contributed by atoms with van der Waals surface area (Å²) in [5.41, 5.74) is 0.496. The van der Waals surface area contributed by atoms with E-state index in [1.807, 2.05) is 4.90 Å². The van der Waals surface area contributed by atoms with Gasteiger partial charge in [0.05, 0.1) is 6.10 Å². The molecule has 0 saturated carbocycles. The van der Waals surface area contributed by atoms with Crippen molar-refractivity contribution < 1.29 is 24.5 Å². The number of carbonyl (C=O) groups is 2. The molecule has 2 saturated heterocycles. The number of fused-ring (bicyclic) bond motifs is 2. The van der Waals surface area contributed by atoms with Gasteiger partial charge in [0, 0.05) is 17.6 Å². The molecule has 1 aromatic rings. The van der Waals surface area contributed by atoms with Crippen LogP contribution in [0.15, 0.2) is 24.3 Å². The number of aliphatic hydroxyl groups is 1. The number of rotatable bonds is 4. The molecule has 0 aromatic heterocycles. The largest absolute Gasteiger partial charge is 0.482 e. The van der Waals surface area contributed by atoms with Crippen molar-refractivity contribution in [2.45, 2.75) is 43.9 Å². The van der Waals surface area contributed by atoms with Gasteiger partial charge >= 0.3 is 5.97 Å². The van der Waals surface area contributed by atoms with Crippen molar-refractivity contribution in [3.05, 3.63) is 29.8 Å². The lowest BCUT2D eigenvalue weighted by Gasteiger charge is -2.37. The quantitative estimate of drug-likeness (QED) is 0.875. The highest BCUT2D eigenvalue weighted by atomic mass is 16.5. The van der Waals surface area contributed by atoms with Gasteiger partial charge in [0.25, 0.3) is 5.91 Å². The normalized spacial score (nSPS) is 26.8. The number of aliphatic hydroxyl groups excluding tert-OH is 1. The molecule has 2 N–H and O–H groups in total. The first-order valence-corrected chi connectivity index (χ1v) is 7.50. The minimum absolute atomic E-state index is 0.0693. The average molecular weight is 305 g/mol. The molecular formula is C16H19NO5. The second-order valence-corrected chi connectivity index (χ2v) is 5.93. The highest BCUT2D eigenvalue weighted by molar-refractivity contribution is 5.95. The van der Waals surface area contributed by atoms with Crippen LogP contribution >= 0.6 is 0 Å². The van der Waals surface area contributed by atoms with Gasteiger partial charge in [0.2, 0.25) is 0 Å². The van der Waals surface area contributed by atoms with Crippen LogP contribution in [-0.4, -0.2) is 51.8 Å². The van der Waals surface area contributed by atoms with Crippen molar-refractivity contribution in [1.82, 2.24) is 4.90 Å². The summed E-state index contributed by atoms with van der Waals surface area (Å²) in [5.74, 6) is -0.752. The molecule has 2 heterocycles. The van der Waals surface area contributed by atoms with Crippen LogP contribution in [0.3, 0.4) is 0 Å². The maximum atomic E-state index is 12.7. The van der Waals surface area contributed by atoms with E-state index in [0.29, 0.717) is 24.2 Å². The Morgan fingerprint density at radius 3 is 2.55 bits per heavy atom. The zero-order valence-corrected chi connectivity index (χ0v) is 12.1. The van der Waals surface area contributed by atoms with Crippen LogP contribution in [0.4, 0.5) is 0 Å². The average Bonchev–Trinajstić information content (AvgIpc) is 2.76. The first-order chi connectivity index (χ1) is 10.5. The summed E-state index contributed by atoms with van der Waals surface area (Å²) in [6, 6.07) is 6.81. The summed E-state index contributed by atoms with van der Waals surface area (Å²) in [6.45, 7) is -0.432. The highest BCUT2D eigenvalue weighted by Gasteiger charge is 2.42. The monoisotopic (exact) mass is 305 g/mol. The van der Waals surface area contributed by atoms with E-state index in [1.165, 1.54) is 0 Å². The summed E-state index contributed by atoms with van der Waals surface area (Å²) >= 11 is 0. The number of benzene rings is 1. The van der Waals surface area contributed by atoms with Crippen LogP contribution in [0.25, 0.3) is 0 Å². The molecule has 2 aliphatic rings. The third kappa shape index (κ3) is 2.92. The van der Waals surface area contributed by atoms with E-state index < -0.39 is 12.6 Å². The lowest BCUT2D eigenvalue weighted by molar-refractivity contribution is -0.139. The fourth-order valence-corrected chi connectivity index (χ4v) is 3.49. The lowest BCUT2D eigenvalue weighted by atomic mass is 9.98. The summed E-state index contributed by atoms with van der Waals surface area (Å²) in [6.07, 6.45) is 2.83. The number of carboxylic acids is 1. The molecule has 3 rings (SSSR count). The van der Waals surface area contributed by atoms with E-state index in [-0.39, 0.29) is 24.1 Å². The van der Waals surface area contributed by atoms with Crippen molar-refractivity contribution in [2.24, 2.45) is 0 Å². The predicted octanol–water partition coefficient (Wildman–Crippen LogP) is 1.28. The van der Waals surface area contributed by atoms with Gasteiger partial charge in [0.1, 0.15) is 5.75 Å². The summed E-state index contributed by atoms with van der Waals surface area (Å²) < 4.78 is 5.12. The highest BCUT2D eigenvalue weighted by Crippen LogP contribution is 2.36. The minimum atomic E-state index is -1.06. The van der Waals surface area contributed by atoms with Crippen molar-refractivity contribution in [3.63, 3.8) is 0 Å². The van der Waals surface area contributed by atoms with Crippen LogP contribution in [0.2, 0.25) is 0 Å². The molecule has 0 radical (unpaired) electrons. The fraction of sp³-hybridized carbons (Fsp3) is 0.500. The standard InChI is InChI=1S/C16H19NO5/c18-13-7-11-4-5-12(8-13)17(11)16(21)10-2-1-3-14(6-10)22-9-15(19)20/h1-3,6,11-13,18H,4-5,7-9H2,(H,19,20). The van der Waals surface area contributed by atoms with Gasteiger partial charge in [-0.25, -0.2) is 4.79 Å². The van der Waals surface area contributed by atoms with Gasteiger partial charge in [-0.2, -0.15) is 0 Å². The van der Waals surface area contributed by atoms with Gasteiger partial charge in [-0.3, -0.25) is 4.79 Å². The molecule has 2 atom stereocenters. The predicted molar refractivity (Wildman–Crippen MR) is 77.8 cm³/mol. The van der Waals surface area contributed by atoms with Crippen LogP contribution in [0.5, 0.6) is 5.75 Å². The van der Waals surface area contributed by atoms with Crippen molar-refractivity contribution in [3.8, 4) is 5.75 Å². The number of carbonyl (C=O) groups excluding carboxylic acids is 1. The van der Waals surface area contributed by atoms with Gasteiger partial charge in [-0.05, 0) is 43.9 Å². The lowest BCUT2D eigenvalue weighted by Crippen LogP contribution is -2.48. The van der Waals surface area contributed by atoms with E-state index in [1.54, 1.807) is 24.3 Å². The van der Waals surface area contributed by atoms with E-state index in [2.05, 4.69) is 0 Å². The summed E-state index contributed by atoms with van der Waals surface area (Å²) in [4.78, 5) is 25.1. The van der Waals surface area contributed by atoms with Crippen molar-refractivity contribution >= 4 is 11.9 Å². The van der Waals surface area contributed by atoms with E-state index in [9.17, 15) is 14.7 Å². The van der Waals surface area contributed by atoms with E-state index in [0.717, 1.165) is 12.8 Å².